The van der Waals surface area contributed by atoms with Crippen LogP contribution in [0.3, 0.4) is 0 Å². The molecule has 0 spiro atoms. The summed E-state index contributed by atoms with van der Waals surface area (Å²) in [6, 6.07) is 10.1. The zero-order valence-electron chi connectivity index (χ0n) is 13.2. The molecular formula is C18H28N2O. The lowest BCUT2D eigenvalue weighted by atomic mass is 9.78. The predicted molar refractivity (Wildman–Crippen MR) is 86.8 cm³/mol. The van der Waals surface area contributed by atoms with E-state index in [-0.39, 0.29) is 5.91 Å². The van der Waals surface area contributed by atoms with Crippen LogP contribution in [0, 0.1) is 11.8 Å². The van der Waals surface area contributed by atoms with E-state index in [0.717, 1.165) is 12.8 Å². The first-order valence-electron chi connectivity index (χ1n) is 8.18. The van der Waals surface area contributed by atoms with E-state index in [0.29, 0.717) is 24.3 Å². The van der Waals surface area contributed by atoms with Crippen LogP contribution in [0.1, 0.15) is 45.1 Å². The van der Waals surface area contributed by atoms with Crippen LogP contribution >= 0.6 is 0 Å². The molecule has 3 N–H and O–H groups in total. The third-order valence-corrected chi connectivity index (χ3v) is 4.96. The monoisotopic (exact) mass is 288 g/mol. The lowest BCUT2D eigenvalue weighted by Gasteiger charge is -2.35. The molecule has 0 bridgehead atoms. The molecule has 21 heavy (non-hydrogen) atoms. The smallest absolute Gasteiger partial charge is 0.237 e. The summed E-state index contributed by atoms with van der Waals surface area (Å²) in [7, 11) is 0. The summed E-state index contributed by atoms with van der Waals surface area (Å²) in [4.78, 5) is 12.2. The minimum absolute atomic E-state index is 0.0110. The lowest BCUT2D eigenvalue weighted by Crippen LogP contribution is -2.49. The molecule has 3 nitrogen and oxygen atoms in total. The van der Waals surface area contributed by atoms with Gasteiger partial charge in [0.25, 0.3) is 0 Å². The van der Waals surface area contributed by atoms with Crippen LogP contribution in [0.4, 0.5) is 0 Å². The Kier molecular flexibility index (Phi) is 5.80. The molecule has 0 radical (unpaired) electrons. The van der Waals surface area contributed by atoms with Gasteiger partial charge >= 0.3 is 0 Å². The number of carbonyl (C=O) groups excluding carboxylic acids is 1. The fraction of sp³-hybridized carbons (Fsp3) is 0.611. The second kappa shape index (κ2) is 7.60. The Labute approximate surface area is 128 Å². The minimum atomic E-state index is -0.408. The van der Waals surface area contributed by atoms with Crippen molar-refractivity contribution in [3.05, 3.63) is 35.9 Å². The molecule has 0 heterocycles. The molecule has 1 saturated carbocycles. The van der Waals surface area contributed by atoms with Crippen molar-refractivity contribution in [2.75, 3.05) is 0 Å². The van der Waals surface area contributed by atoms with Crippen molar-refractivity contribution in [1.82, 2.24) is 5.32 Å². The highest BCUT2D eigenvalue weighted by molar-refractivity contribution is 5.81. The van der Waals surface area contributed by atoms with Gasteiger partial charge in [0.15, 0.2) is 0 Å². The molecule has 0 saturated heterocycles. The van der Waals surface area contributed by atoms with Crippen LogP contribution < -0.4 is 11.1 Å². The van der Waals surface area contributed by atoms with Crippen molar-refractivity contribution in [3.8, 4) is 0 Å². The molecule has 3 heteroatoms. The van der Waals surface area contributed by atoms with Gasteiger partial charge in [-0.15, -0.1) is 0 Å². The van der Waals surface area contributed by atoms with Gasteiger partial charge in [0.2, 0.25) is 5.91 Å². The summed E-state index contributed by atoms with van der Waals surface area (Å²) in [5.41, 5.74) is 7.29. The Hall–Kier alpha value is -1.35. The fourth-order valence-corrected chi connectivity index (χ4v) is 3.17. The van der Waals surface area contributed by atoms with Crippen LogP contribution in [-0.4, -0.2) is 18.0 Å². The number of hydrogen-bond acceptors (Lipinski definition) is 2. The molecule has 4 atom stereocenters. The Balaban J connectivity index is 1.79. The molecule has 3 unspecified atom stereocenters. The highest BCUT2D eigenvalue weighted by atomic mass is 16.2. The van der Waals surface area contributed by atoms with Gasteiger partial charge in [0.05, 0.1) is 6.04 Å². The van der Waals surface area contributed by atoms with E-state index in [9.17, 15) is 4.79 Å². The van der Waals surface area contributed by atoms with Crippen molar-refractivity contribution < 1.29 is 4.79 Å². The number of nitrogens with one attached hydrogen (secondary N) is 1. The van der Waals surface area contributed by atoms with Crippen LogP contribution in [0.25, 0.3) is 0 Å². The lowest BCUT2D eigenvalue weighted by molar-refractivity contribution is -0.123. The Morgan fingerprint density at radius 3 is 2.71 bits per heavy atom. The summed E-state index contributed by atoms with van der Waals surface area (Å²) < 4.78 is 0. The maximum atomic E-state index is 12.2. The van der Waals surface area contributed by atoms with Crippen molar-refractivity contribution in [2.45, 2.75) is 58.0 Å². The molecule has 1 aromatic rings. The fourth-order valence-electron chi connectivity index (χ4n) is 3.17. The molecule has 0 aromatic heterocycles. The molecule has 1 fully saturated rings. The zero-order valence-corrected chi connectivity index (χ0v) is 13.2. The summed E-state index contributed by atoms with van der Waals surface area (Å²) >= 11 is 0. The number of carbonyl (C=O) groups is 1. The third kappa shape index (κ3) is 4.57. The topological polar surface area (TPSA) is 55.1 Å². The van der Waals surface area contributed by atoms with E-state index >= 15 is 0 Å². The predicted octanol–water partition coefficient (Wildman–Crippen LogP) is 2.89. The van der Waals surface area contributed by atoms with E-state index in [1.807, 2.05) is 18.2 Å². The van der Waals surface area contributed by atoms with Crippen molar-refractivity contribution in [2.24, 2.45) is 17.6 Å². The van der Waals surface area contributed by atoms with E-state index < -0.39 is 6.04 Å². The average Bonchev–Trinajstić information content (AvgIpc) is 2.50. The van der Waals surface area contributed by atoms with Crippen LogP contribution in [-0.2, 0) is 11.2 Å². The van der Waals surface area contributed by atoms with Gasteiger partial charge in [-0.25, -0.2) is 0 Å². The van der Waals surface area contributed by atoms with Gasteiger partial charge in [-0.2, -0.15) is 0 Å². The second-order valence-corrected chi connectivity index (χ2v) is 6.51. The normalized spacial score (nSPS) is 27.1. The number of rotatable bonds is 5. The summed E-state index contributed by atoms with van der Waals surface area (Å²) in [5.74, 6) is 1.24. The van der Waals surface area contributed by atoms with E-state index in [1.54, 1.807) is 0 Å². The zero-order chi connectivity index (χ0) is 15.2. The number of amides is 1. The molecule has 1 aliphatic rings. The largest absolute Gasteiger partial charge is 0.352 e. The maximum Gasteiger partial charge on any atom is 0.237 e. The summed E-state index contributed by atoms with van der Waals surface area (Å²) in [5, 5.41) is 3.17. The minimum Gasteiger partial charge on any atom is -0.352 e. The first-order valence-corrected chi connectivity index (χ1v) is 8.18. The molecule has 1 aliphatic carbocycles. The van der Waals surface area contributed by atoms with E-state index in [1.165, 1.54) is 18.4 Å². The van der Waals surface area contributed by atoms with Crippen molar-refractivity contribution in [3.63, 3.8) is 0 Å². The van der Waals surface area contributed by atoms with Gasteiger partial charge < -0.3 is 11.1 Å². The Morgan fingerprint density at radius 1 is 1.29 bits per heavy atom. The number of hydrogen-bond donors (Lipinski definition) is 2. The number of aryl methyl sites for hydroxylation is 1. The average molecular weight is 288 g/mol. The maximum absolute atomic E-state index is 12.2. The highest BCUT2D eigenvalue weighted by Gasteiger charge is 2.29. The molecular weight excluding hydrogens is 260 g/mol. The van der Waals surface area contributed by atoms with Crippen LogP contribution in [0.2, 0.25) is 0 Å². The molecule has 0 aliphatic heterocycles. The number of nitrogens with two attached hydrogens (primary N) is 1. The molecule has 2 rings (SSSR count). The van der Waals surface area contributed by atoms with Crippen molar-refractivity contribution in [1.29, 1.82) is 0 Å². The standard InChI is InChI=1S/C18H28N2O/c1-13-7-6-10-17(14(13)2)20-18(21)16(19)12-11-15-8-4-3-5-9-15/h3-5,8-9,13-14,16-17H,6-7,10-12,19H2,1-2H3,(H,20,21)/t13?,14?,16-,17?/m0/s1. The van der Waals surface area contributed by atoms with Crippen molar-refractivity contribution >= 4 is 5.91 Å². The van der Waals surface area contributed by atoms with Gasteiger partial charge in [0, 0.05) is 6.04 Å². The van der Waals surface area contributed by atoms with Gasteiger partial charge in [0.1, 0.15) is 0 Å². The SMILES string of the molecule is CC1CCCC(NC(=O)[C@@H](N)CCc2ccccc2)C1C. The first kappa shape index (κ1) is 16.0. The second-order valence-electron chi connectivity index (χ2n) is 6.51. The van der Waals surface area contributed by atoms with Gasteiger partial charge in [-0.1, -0.05) is 57.0 Å². The third-order valence-electron chi connectivity index (χ3n) is 4.96. The molecule has 116 valence electrons. The molecule has 1 aromatic carbocycles. The van der Waals surface area contributed by atoms with Gasteiger partial charge in [-0.3, -0.25) is 4.79 Å². The van der Waals surface area contributed by atoms with E-state index in [4.69, 9.17) is 5.73 Å². The number of benzene rings is 1. The van der Waals surface area contributed by atoms with E-state index in [2.05, 4.69) is 31.3 Å². The quantitative estimate of drug-likeness (QED) is 0.875. The van der Waals surface area contributed by atoms with Gasteiger partial charge in [-0.05, 0) is 36.7 Å². The highest BCUT2D eigenvalue weighted by Crippen LogP contribution is 2.29. The van der Waals surface area contributed by atoms with Crippen LogP contribution in [0.15, 0.2) is 30.3 Å². The Morgan fingerprint density at radius 2 is 2.00 bits per heavy atom. The first-order chi connectivity index (χ1) is 10.1. The molecule has 1 amide bonds. The summed E-state index contributed by atoms with van der Waals surface area (Å²) in [6.45, 7) is 4.52. The Bertz CT molecular complexity index is 446. The van der Waals surface area contributed by atoms with Crippen LogP contribution in [0.5, 0.6) is 0 Å². The summed E-state index contributed by atoms with van der Waals surface area (Å²) in [6.07, 6.45) is 5.12.